The number of nitrogens with one attached hydrogen (secondary N) is 15. The summed E-state index contributed by atoms with van der Waals surface area (Å²) in [6.45, 7) is 10.9. The molecule has 0 fully saturated rings. The molecule has 10 rings (SSSR count). The number of carbonyl (C=O) groups is 11. The number of ether oxygens (including phenoxy) is 2. The van der Waals surface area contributed by atoms with Gasteiger partial charge in [-0.15, -0.1) is 0 Å². The molecule has 0 saturated heterocycles. The van der Waals surface area contributed by atoms with Gasteiger partial charge in [0.1, 0.15) is 33.9 Å². The molecule has 5 heterocycles. The van der Waals surface area contributed by atoms with Gasteiger partial charge in [0, 0.05) is 190 Å². The number of carboxylic acid groups (broad SMARTS) is 2. The lowest BCUT2D eigenvalue weighted by Gasteiger charge is -2.19. The second kappa shape index (κ2) is 54.2. The van der Waals surface area contributed by atoms with Gasteiger partial charge in [0.2, 0.25) is 56.3 Å². The number of hydrogen-bond donors (Lipinski definition) is 18. The normalized spacial score (nSPS) is 12.1. The fraction of sp³-hybridized carbons (Fsp3) is 0.375. The number of carbonyl (C=O) groups excluding carboxylic acids is 9. The first-order valence-corrected chi connectivity index (χ1v) is 50.8. The van der Waals surface area contributed by atoms with Crippen molar-refractivity contribution in [3.05, 3.63) is 228 Å². The highest BCUT2D eigenvalue weighted by Gasteiger charge is 2.32. The molecule has 0 radical (unpaired) electrons. The molecule has 10 aromatic rings. The monoisotopic (exact) mass is 2060 g/mol. The fourth-order valence-corrected chi connectivity index (χ4v) is 19.3. The summed E-state index contributed by atoms with van der Waals surface area (Å²) >= 11 is 0. The van der Waals surface area contributed by atoms with Crippen LogP contribution in [0, 0.1) is 41.5 Å². The van der Waals surface area contributed by atoms with Gasteiger partial charge in [0.15, 0.2) is 17.6 Å². The smallest absolute Gasteiger partial charge is 0.353 e. The number of hydrazone groups is 1. The molecule has 774 valence electrons. The van der Waals surface area contributed by atoms with Crippen molar-refractivity contribution >= 4 is 147 Å². The Balaban J connectivity index is 0.618. The lowest BCUT2D eigenvalue weighted by atomic mass is 10.1. The Hall–Kier alpha value is -15.3. The van der Waals surface area contributed by atoms with E-state index in [0.29, 0.717) is 77.4 Å². The van der Waals surface area contributed by atoms with E-state index in [-0.39, 0.29) is 196 Å². The molecule has 9 amide bonds. The number of rotatable bonds is 59. The molecule has 0 spiro atoms. The van der Waals surface area contributed by atoms with E-state index in [4.69, 9.17) is 9.47 Å². The van der Waals surface area contributed by atoms with Gasteiger partial charge in [-0.1, -0.05) is 65.7 Å². The first-order chi connectivity index (χ1) is 69.2. The van der Waals surface area contributed by atoms with Gasteiger partial charge in [-0.3, -0.25) is 67.5 Å². The number of imidazole rings is 2. The van der Waals surface area contributed by atoms with Crippen molar-refractivity contribution in [3.63, 3.8) is 0 Å². The number of aromatic nitrogens is 7. The van der Waals surface area contributed by atoms with Crippen molar-refractivity contribution in [2.24, 2.45) is 9.50 Å². The topological polar surface area (TPSA) is 665 Å². The zero-order valence-corrected chi connectivity index (χ0v) is 83.0. The van der Waals surface area contributed by atoms with Crippen LogP contribution < -0.4 is 79.5 Å². The van der Waals surface area contributed by atoms with Crippen molar-refractivity contribution in [1.29, 1.82) is 0 Å². The SMILES string of the molecule is Cc1cc(C)c(S(=O)(=O)/N=C(/CNC(=O)c2cn(CCCNC(=O)CCC(=O)NCCCOCCCNC(=O)C(CCC(=O)NCCCOCCCNC(=O)CCC(=O)NCCCn3cc(C(=O)NC[C@H](NS(=O)(=O)c4c(C)cc(C)cc4C)C(=O)O)c(=O)c4ccc(CNc5ncc[nH]5)cc43)NC(=O)c3ccc(N/N=C/c4ccccc4S(=O)(=O)O)nc3)c3cc(CNc4ncc[nH]4)ccc3c2=O)C(=O)O)c(C)c1. The van der Waals surface area contributed by atoms with E-state index in [0.717, 1.165) is 28.5 Å². The van der Waals surface area contributed by atoms with E-state index >= 15 is 0 Å². The minimum Gasteiger partial charge on any atom is -0.480 e. The third-order valence-corrected chi connectivity index (χ3v) is 26.7. The van der Waals surface area contributed by atoms with Crippen molar-refractivity contribution < 1.29 is 102 Å². The first-order valence-electron chi connectivity index (χ1n) is 46.4. The molecule has 145 heavy (non-hydrogen) atoms. The summed E-state index contributed by atoms with van der Waals surface area (Å²) in [5, 5.41) is 54.6. The van der Waals surface area contributed by atoms with Crippen molar-refractivity contribution in [2.45, 2.75) is 172 Å². The highest BCUT2D eigenvalue weighted by atomic mass is 32.2. The number of benzene rings is 5. The molecule has 5 aromatic heterocycles. The fourth-order valence-electron chi connectivity index (χ4n) is 15.5. The maximum absolute atomic E-state index is 14.0. The second-order valence-electron chi connectivity index (χ2n) is 33.9. The molecular weight excluding hydrogens is 1940 g/mol. The van der Waals surface area contributed by atoms with Crippen LogP contribution >= 0.6 is 0 Å². The average Bonchev–Trinajstić information content (AvgIpc) is 0.894. The Morgan fingerprint density at radius 2 is 0.959 bits per heavy atom. The quantitative estimate of drug-likeness (QED) is 0.0107. The van der Waals surface area contributed by atoms with Crippen molar-refractivity contribution in [1.82, 2.24) is 86.6 Å². The number of aryl methyl sites for hydroxylation is 8. The zero-order valence-electron chi connectivity index (χ0n) is 80.6. The number of sulfonamides is 2. The standard InChI is InChI=1S/C96H118N22O24S3/c1-59-45-61(3)87(62(4)46-59)143(134,135)115-74(93(130)131)55-108-90(127)71-57-117(76-49-65(17-20-69(76)85(71)124)51-110-95-103-35-36-104-95)39-9-29-97-81(120)25-27-83(122)100-32-12-42-141-41-11-31-99-80(119)24-22-73(113-89(126)68-19-23-79(107-53-68)114-112-54-67-15-7-8-16-78(67)145(138,139)140)92(129)102-34-14-44-142-43-13-33-101-84(123)28-26-82(121)98-30-10-40-118-58-72(86(125)70-21-18-66(50-77(70)118)52-111-96-105-37-38-106-96)91(128)109-56-75(94(132)133)116-144(136,137)88-63(5)47-60(2)48-64(88)6/h7-8,15-21,23,35-38,45-50,53-54,57-58,73-74,115H,9-14,22,24-34,39-44,51-52,55-56H2,1-6H3,(H,97,120)(H,98,121)(H,99,119)(H,100,122)(H,101,123)(H,102,129)(H,107,114)(H,108,127)(H,109,128)(H,113,126)(H,130,131)(H,132,133)(H2,103,104,110)(H2,105,106,111)(H,138,139,140)/b112-54+,116-75-/t73?,74-/m0/s1. The van der Waals surface area contributed by atoms with E-state index in [2.05, 4.69) is 103 Å². The largest absolute Gasteiger partial charge is 0.480 e. The molecule has 0 aliphatic carbocycles. The molecule has 49 heteroatoms. The Kier molecular flexibility index (Phi) is 41.8. The van der Waals surface area contributed by atoms with Crippen molar-refractivity contribution in [3.8, 4) is 0 Å². The Morgan fingerprint density at radius 1 is 0.503 bits per heavy atom. The molecule has 0 aliphatic heterocycles. The minimum absolute atomic E-state index is 0.0204. The van der Waals surface area contributed by atoms with Crippen LogP contribution in [0.3, 0.4) is 0 Å². The van der Waals surface area contributed by atoms with Crippen LogP contribution in [0.15, 0.2) is 174 Å². The average molecular weight is 2060 g/mol. The number of carboxylic acids is 2. The maximum atomic E-state index is 14.0. The van der Waals surface area contributed by atoms with Gasteiger partial charge in [-0.25, -0.2) is 28.2 Å². The third-order valence-electron chi connectivity index (χ3n) is 22.4. The summed E-state index contributed by atoms with van der Waals surface area (Å²) in [5.41, 5.74) is 5.08. The molecular formula is C96H118N22O24S3. The summed E-state index contributed by atoms with van der Waals surface area (Å²) in [4.78, 5) is 190. The van der Waals surface area contributed by atoms with Gasteiger partial charge >= 0.3 is 11.9 Å². The van der Waals surface area contributed by atoms with Gasteiger partial charge < -0.3 is 97.3 Å². The molecule has 0 aliphatic rings. The van der Waals surface area contributed by atoms with E-state index in [1.54, 1.807) is 130 Å². The van der Waals surface area contributed by atoms with Crippen LogP contribution in [0.1, 0.15) is 158 Å². The number of aromatic amines is 2. The van der Waals surface area contributed by atoms with Crippen molar-refractivity contribution in [2.75, 3.05) is 94.8 Å². The molecule has 18 N–H and O–H groups in total. The number of amides is 9. The van der Waals surface area contributed by atoms with Gasteiger partial charge in [0.05, 0.1) is 39.1 Å². The summed E-state index contributed by atoms with van der Waals surface area (Å²) in [7, 11) is -13.5. The van der Waals surface area contributed by atoms with Crippen LogP contribution in [-0.2, 0) is 104 Å². The summed E-state index contributed by atoms with van der Waals surface area (Å²) in [6, 6.07) is 21.8. The number of H-pyrrole nitrogens is 2. The number of aliphatic carboxylic acids is 2. The minimum atomic E-state index is -4.57. The van der Waals surface area contributed by atoms with E-state index in [9.17, 15) is 102 Å². The van der Waals surface area contributed by atoms with Gasteiger partial charge in [0.25, 0.3) is 37.9 Å². The lowest BCUT2D eigenvalue weighted by molar-refractivity contribution is -0.139. The van der Waals surface area contributed by atoms with Crippen LogP contribution in [0.25, 0.3) is 21.8 Å². The zero-order chi connectivity index (χ0) is 105. The molecule has 1 unspecified atom stereocenters. The summed E-state index contributed by atoms with van der Waals surface area (Å²) in [6.07, 6.45) is 12.5. The summed E-state index contributed by atoms with van der Waals surface area (Å²) in [5.74, 6) is -7.55. The van der Waals surface area contributed by atoms with Gasteiger partial charge in [-0.2, -0.15) is 31.1 Å². The highest BCUT2D eigenvalue weighted by Crippen LogP contribution is 2.27. The predicted octanol–water partition coefficient (Wildman–Crippen LogP) is 4.64. The van der Waals surface area contributed by atoms with Crippen LogP contribution in [0.4, 0.5) is 17.7 Å². The first kappa shape index (κ1) is 112. The van der Waals surface area contributed by atoms with Crippen LogP contribution in [0.5, 0.6) is 0 Å². The maximum Gasteiger partial charge on any atom is 0.353 e. The van der Waals surface area contributed by atoms with Gasteiger partial charge in [-0.05, 0) is 162 Å². The predicted molar refractivity (Wildman–Crippen MR) is 536 cm³/mol. The van der Waals surface area contributed by atoms with E-state index in [1.165, 1.54) is 61.1 Å². The number of fused-ring (bicyclic) bond motifs is 2. The second-order valence-corrected chi connectivity index (χ2v) is 38.4. The molecule has 46 nitrogen and oxygen atoms in total. The Morgan fingerprint density at radius 3 is 1.41 bits per heavy atom. The molecule has 0 saturated carbocycles. The Bertz CT molecular complexity index is 6850. The Labute approximate surface area is 834 Å². The summed E-state index contributed by atoms with van der Waals surface area (Å²) < 4.78 is 108. The number of anilines is 3. The third kappa shape index (κ3) is 34.5. The lowest BCUT2D eigenvalue weighted by Crippen LogP contribution is -2.49. The number of hydrogen-bond acceptors (Lipinski definition) is 28. The number of pyridine rings is 3. The van der Waals surface area contributed by atoms with E-state index in [1.807, 2.05) is 0 Å². The molecule has 5 aromatic carbocycles. The molecule has 2 atom stereocenters. The number of nitrogens with zero attached hydrogens (tertiary/aromatic N) is 7. The van der Waals surface area contributed by atoms with Crippen LogP contribution in [0.2, 0.25) is 0 Å². The van der Waals surface area contributed by atoms with Crippen LogP contribution in [-0.4, -0.2) is 242 Å². The molecule has 0 bridgehead atoms. The van der Waals surface area contributed by atoms with E-state index < -0.39 is 131 Å². The highest BCUT2D eigenvalue weighted by molar-refractivity contribution is 7.90.